The zero-order chi connectivity index (χ0) is 13.1. The van der Waals surface area contributed by atoms with E-state index in [4.69, 9.17) is 11.0 Å². The number of nitriles is 1. The van der Waals surface area contributed by atoms with E-state index in [0.29, 0.717) is 27.1 Å². The maximum atomic E-state index is 13.6. The topological polar surface area (TPSA) is 61.8 Å². The lowest BCUT2D eigenvalue weighted by atomic mass is 10.2. The summed E-state index contributed by atoms with van der Waals surface area (Å²) >= 11 is 3.19. The van der Waals surface area contributed by atoms with E-state index in [-0.39, 0.29) is 5.82 Å². The molecule has 3 nitrogen and oxygen atoms in total. The second-order valence-corrected chi connectivity index (χ2v) is 4.58. The minimum Gasteiger partial charge on any atom is -0.397 e. The zero-order valence-electron chi connectivity index (χ0n) is 9.24. The van der Waals surface area contributed by atoms with Gasteiger partial charge < -0.3 is 11.1 Å². The van der Waals surface area contributed by atoms with Crippen molar-refractivity contribution in [3.8, 4) is 6.07 Å². The molecule has 0 saturated heterocycles. The van der Waals surface area contributed by atoms with Crippen LogP contribution < -0.4 is 11.1 Å². The van der Waals surface area contributed by atoms with Crippen LogP contribution in [0.1, 0.15) is 5.56 Å². The number of nitrogens with two attached hydrogens (primary N) is 1. The first-order valence-electron chi connectivity index (χ1n) is 5.12. The van der Waals surface area contributed by atoms with Crippen LogP contribution in [0, 0.1) is 17.1 Å². The molecule has 18 heavy (non-hydrogen) atoms. The van der Waals surface area contributed by atoms with Crippen molar-refractivity contribution in [2.75, 3.05) is 11.1 Å². The summed E-state index contributed by atoms with van der Waals surface area (Å²) in [5, 5.41) is 11.6. The number of hydrogen-bond acceptors (Lipinski definition) is 3. The molecule has 3 N–H and O–H groups in total. The number of nitrogens with zero attached hydrogens (tertiary/aromatic N) is 1. The first-order chi connectivity index (χ1) is 8.60. The van der Waals surface area contributed by atoms with Crippen LogP contribution in [-0.4, -0.2) is 0 Å². The van der Waals surface area contributed by atoms with Gasteiger partial charge in [0, 0.05) is 4.47 Å². The minimum atomic E-state index is -0.381. The van der Waals surface area contributed by atoms with Gasteiger partial charge in [-0.15, -0.1) is 0 Å². The van der Waals surface area contributed by atoms with Gasteiger partial charge in [-0.1, -0.05) is 15.9 Å². The molecule has 0 aliphatic rings. The summed E-state index contributed by atoms with van der Waals surface area (Å²) in [5.74, 6) is -0.381. The molecule has 0 heterocycles. The number of nitrogens with one attached hydrogen (secondary N) is 1. The fraction of sp³-hybridized carbons (Fsp3) is 0. The highest BCUT2D eigenvalue weighted by Crippen LogP contribution is 2.27. The summed E-state index contributed by atoms with van der Waals surface area (Å²) in [5.41, 5.74) is 7.54. The highest BCUT2D eigenvalue weighted by Gasteiger charge is 2.05. The molecule has 2 rings (SSSR count). The highest BCUT2D eigenvalue weighted by atomic mass is 79.9. The van der Waals surface area contributed by atoms with Crippen molar-refractivity contribution in [2.24, 2.45) is 0 Å². The van der Waals surface area contributed by atoms with E-state index in [0.717, 1.165) is 0 Å². The maximum absolute atomic E-state index is 13.6. The second-order valence-electron chi connectivity index (χ2n) is 3.66. The van der Waals surface area contributed by atoms with Crippen LogP contribution in [0.25, 0.3) is 0 Å². The fourth-order valence-corrected chi connectivity index (χ4v) is 1.82. The summed E-state index contributed by atoms with van der Waals surface area (Å²) < 4.78 is 14.3. The Balaban J connectivity index is 2.32. The van der Waals surface area contributed by atoms with Gasteiger partial charge in [-0.3, -0.25) is 0 Å². The van der Waals surface area contributed by atoms with Gasteiger partial charge >= 0.3 is 0 Å². The lowest BCUT2D eigenvalue weighted by Crippen LogP contribution is -1.98. The van der Waals surface area contributed by atoms with E-state index >= 15 is 0 Å². The van der Waals surface area contributed by atoms with Gasteiger partial charge in [-0.25, -0.2) is 4.39 Å². The van der Waals surface area contributed by atoms with Gasteiger partial charge in [0.25, 0.3) is 0 Å². The van der Waals surface area contributed by atoms with Crippen molar-refractivity contribution in [1.82, 2.24) is 0 Å². The molecule has 0 radical (unpaired) electrons. The Hall–Kier alpha value is -2.06. The minimum absolute atomic E-state index is 0.328. The van der Waals surface area contributed by atoms with E-state index in [1.165, 1.54) is 6.07 Å². The molecule has 0 unspecified atom stereocenters. The number of benzene rings is 2. The molecule has 0 amide bonds. The standard InChI is InChI=1S/C13H9BrFN3/c14-9-2-4-12(10(15)6-9)18-13-3-1-8(7-16)5-11(13)17/h1-6,18H,17H2. The summed E-state index contributed by atoms with van der Waals surface area (Å²) in [7, 11) is 0. The molecule has 0 fully saturated rings. The third kappa shape index (κ3) is 2.60. The van der Waals surface area contributed by atoms with Crippen molar-refractivity contribution in [1.29, 1.82) is 5.26 Å². The molecular formula is C13H9BrFN3. The van der Waals surface area contributed by atoms with Crippen molar-refractivity contribution >= 4 is 33.0 Å². The van der Waals surface area contributed by atoms with Gasteiger partial charge in [-0.2, -0.15) is 5.26 Å². The van der Waals surface area contributed by atoms with Crippen molar-refractivity contribution in [2.45, 2.75) is 0 Å². The molecule has 0 bridgehead atoms. The summed E-state index contributed by atoms with van der Waals surface area (Å²) in [6, 6.07) is 11.5. The van der Waals surface area contributed by atoms with Crippen LogP contribution in [-0.2, 0) is 0 Å². The predicted molar refractivity (Wildman–Crippen MR) is 73.0 cm³/mol. The molecule has 0 atom stereocenters. The molecule has 0 aliphatic heterocycles. The van der Waals surface area contributed by atoms with Gasteiger partial charge in [-0.05, 0) is 36.4 Å². The number of anilines is 3. The van der Waals surface area contributed by atoms with Crippen LogP contribution in [0.15, 0.2) is 40.9 Å². The SMILES string of the molecule is N#Cc1ccc(Nc2ccc(Br)cc2F)c(N)c1. The zero-order valence-corrected chi connectivity index (χ0v) is 10.8. The molecular weight excluding hydrogens is 297 g/mol. The summed E-state index contributed by atoms with van der Waals surface area (Å²) in [6.07, 6.45) is 0. The van der Waals surface area contributed by atoms with Crippen LogP contribution in [0.4, 0.5) is 21.5 Å². The molecule has 0 aromatic heterocycles. The van der Waals surface area contributed by atoms with Crippen molar-refractivity contribution in [3.05, 3.63) is 52.3 Å². The summed E-state index contributed by atoms with van der Waals surface area (Å²) in [4.78, 5) is 0. The highest BCUT2D eigenvalue weighted by molar-refractivity contribution is 9.10. The quantitative estimate of drug-likeness (QED) is 0.830. The molecule has 0 spiro atoms. The largest absolute Gasteiger partial charge is 0.397 e. The lowest BCUT2D eigenvalue weighted by Gasteiger charge is -2.10. The first kappa shape index (κ1) is 12.4. The van der Waals surface area contributed by atoms with E-state index in [1.54, 1.807) is 30.3 Å². The number of rotatable bonds is 2. The van der Waals surface area contributed by atoms with E-state index < -0.39 is 0 Å². The Morgan fingerprint density at radius 2 is 1.89 bits per heavy atom. The van der Waals surface area contributed by atoms with Crippen LogP contribution in [0.2, 0.25) is 0 Å². The van der Waals surface area contributed by atoms with Crippen LogP contribution in [0.3, 0.4) is 0 Å². The first-order valence-corrected chi connectivity index (χ1v) is 5.91. The van der Waals surface area contributed by atoms with Gasteiger partial charge in [0.2, 0.25) is 0 Å². The third-order valence-electron chi connectivity index (χ3n) is 2.38. The summed E-state index contributed by atoms with van der Waals surface area (Å²) in [6.45, 7) is 0. The second kappa shape index (κ2) is 5.07. The molecule has 90 valence electrons. The average molecular weight is 306 g/mol. The number of halogens is 2. The fourth-order valence-electron chi connectivity index (χ4n) is 1.48. The van der Waals surface area contributed by atoms with Gasteiger partial charge in [0.15, 0.2) is 0 Å². The number of nitrogen functional groups attached to an aromatic ring is 1. The third-order valence-corrected chi connectivity index (χ3v) is 2.87. The molecule has 2 aromatic carbocycles. The van der Waals surface area contributed by atoms with Crippen LogP contribution in [0.5, 0.6) is 0 Å². The maximum Gasteiger partial charge on any atom is 0.147 e. The smallest absolute Gasteiger partial charge is 0.147 e. The molecule has 2 aromatic rings. The monoisotopic (exact) mass is 305 g/mol. The Morgan fingerprint density at radius 3 is 2.50 bits per heavy atom. The van der Waals surface area contributed by atoms with E-state index in [2.05, 4.69) is 21.2 Å². The molecule has 0 aliphatic carbocycles. The number of hydrogen-bond donors (Lipinski definition) is 2. The molecule has 5 heteroatoms. The van der Waals surface area contributed by atoms with E-state index in [9.17, 15) is 4.39 Å². The van der Waals surface area contributed by atoms with Gasteiger partial charge in [0.05, 0.1) is 28.7 Å². The van der Waals surface area contributed by atoms with Crippen molar-refractivity contribution < 1.29 is 4.39 Å². The van der Waals surface area contributed by atoms with Crippen LogP contribution >= 0.6 is 15.9 Å². The van der Waals surface area contributed by atoms with E-state index in [1.807, 2.05) is 6.07 Å². The Kier molecular flexibility index (Phi) is 3.49. The van der Waals surface area contributed by atoms with Crippen molar-refractivity contribution in [3.63, 3.8) is 0 Å². The predicted octanol–water partition coefficient (Wildman–Crippen LogP) is 3.79. The molecule has 0 saturated carbocycles. The Bertz CT molecular complexity index is 635. The normalized spacial score (nSPS) is 9.83. The average Bonchev–Trinajstić information content (AvgIpc) is 2.34. The Labute approximate surface area is 112 Å². The van der Waals surface area contributed by atoms with Gasteiger partial charge in [0.1, 0.15) is 5.82 Å². The Morgan fingerprint density at radius 1 is 1.17 bits per heavy atom. The lowest BCUT2D eigenvalue weighted by molar-refractivity contribution is 0.631.